The molecule has 0 atom stereocenters. The van der Waals surface area contributed by atoms with Crippen molar-refractivity contribution in [2.45, 2.75) is 27.7 Å². The van der Waals surface area contributed by atoms with Crippen LogP contribution in [0.3, 0.4) is 0 Å². The van der Waals surface area contributed by atoms with E-state index in [1.165, 1.54) is 5.56 Å². The molecule has 19 heavy (non-hydrogen) atoms. The van der Waals surface area contributed by atoms with Crippen molar-refractivity contribution in [3.05, 3.63) is 28.5 Å². The number of anilines is 1. The standard InChI is InChI=1S/C15H21N3O/c1-8-7-9(2)12(15(19-6)10(8)3)14-13(16)11(4)17-18(14)5/h7H,16H2,1-6H3. The molecule has 0 saturated heterocycles. The molecule has 102 valence electrons. The van der Waals surface area contributed by atoms with Crippen molar-refractivity contribution in [3.63, 3.8) is 0 Å². The first-order valence-corrected chi connectivity index (χ1v) is 6.32. The molecule has 4 heteroatoms. The van der Waals surface area contributed by atoms with Crippen LogP contribution in [0.25, 0.3) is 11.3 Å². The van der Waals surface area contributed by atoms with Gasteiger partial charge in [-0.1, -0.05) is 6.07 Å². The Morgan fingerprint density at radius 2 is 1.79 bits per heavy atom. The fourth-order valence-electron chi connectivity index (χ4n) is 2.57. The van der Waals surface area contributed by atoms with Crippen LogP contribution in [0.1, 0.15) is 22.4 Å². The average molecular weight is 259 g/mol. The van der Waals surface area contributed by atoms with E-state index in [0.717, 1.165) is 33.8 Å². The van der Waals surface area contributed by atoms with Crippen LogP contribution in [-0.4, -0.2) is 16.9 Å². The van der Waals surface area contributed by atoms with Crippen LogP contribution in [0.4, 0.5) is 5.69 Å². The smallest absolute Gasteiger partial charge is 0.131 e. The number of nitrogens with zero attached hydrogens (tertiary/aromatic N) is 2. The molecular formula is C15H21N3O. The van der Waals surface area contributed by atoms with Crippen LogP contribution in [-0.2, 0) is 7.05 Å². The highest BCUT2D eigenvalue weighted by Crippen LogP contribution is 2.40. The lowest BCUT2D eigenvalue weighted by molar-refractivity contribution is 0.412. The lowest BCUT2D eigenvalue weighted by atomic mass is 9.96. The van der Waals surface area contributed by atoms with E-state index in [2.05, 4.69) is 31.9 Å². The number of hydrogen-bond donors (Lipinski definition) is 1. The zero-order valence-corrected chi connectivity index (χ0v) is 12.5. The number of ether oxygens (including phenoxy) is 1. The summed E-state index contributed by atoms with van der Waals surface area (Å²) in [4.78, 5) is 0. The summed E-state index contributed by atoms with van der Waals surface area (Å²) in [5.41, 5.74) is 13.2. The van der Waals surface area contributed by atoms with Crippen LogP contribution in [0, 0.1) is 27.7 Å². The molecule has 0 aliphatic rings. The van der Waals surface area contributed by atoms with Gasteiger partial charge in [-0.2, -0.15) is 5.10 Å². The number of aromatic nitrogens is 2. The van der Waals surface area contributed by atoms with Gasteiger partial charge in [-0.3, -0.25) is 4.68 Å². The molecule has 0 aliphatic carbocycles. The number of nitrogens with two attached hydrogens (primary N) is 1. The van der Waals surface area contributed by atoms with Crippen LogP contribution in [0.15, 0.2) is 6.07 Å². The molecule has 2 rings (SSSR count). The van der Waals surface area contributed by atoms with Gasteiger partial charge in [0.1, 0.15) is 5.75 Å². The van der Waals surface area contributed by atoms with Crippen molar-refractivity contribution < 1.29 is 4.74 Å². The first-order valence-electron chi connectivity index (χ1n) is 6.32. The van der Waals surface area contributed by atoms with Crippen molar-refractivity contribution in [2.24, 2.45) is 7.05 Å². The number of nitrogen functional groups attached to an aromatic ring is 1. The van der Waals surface area contributed by atoms with Crippen molar-refractivity contribution in [3.8, 4) is 17.0 Å². The normalized spacial score (nSPS) is 10.8. The fraction of sp³-hybridized carbons (Fsp3) is 0.400. The van der Waals surface area contributed by atoms with Gasteiger partial charge in [-0.15, -0.1) is 0 Å². The highest BCUT2D eigenvalue weighted by atomic mass is 16.5. The van der Waals surface area contributed by atoms with Gasteiger partial charge in [0.15, 0.2) is 0 Å². The molecule has 0 aliphatic heterocycles. The van der Waals surface area contributed by atoms with Gasteiger partial charge in [0.05, 0.1) is 24.2 Å². The summed E-state index contributed by atoms with van der Waals surface area (Å²) in [6, 6.07) is 2.16. The van der Waals surface area contributed by atoms with E-state index in [1.807, 2.05) is 18.7 Å². The van der Waals surface area contributed by atoms with Crippen molar-refractivity contribution in [1.82, 2.24) is 9.78 Å². The summed E-state index contributed by atoms with van der Waals surface area (Å²) in [6.07, 6.45) is 0. The summed E-state index contributed by atoms with van der Waals surface area (Å²) < 4.78 is 7.44. The third-order valence-corrected chi connectivity index (χ3v) is 3.70. The lowest BCUT2D eigenvalue weighted by Gasteiger charge is -2.17. The summed E-state index contributed by atoms with van der Waals surface area (Å²) in [5.74, 6) is 0.882. The molecule has 2 N–H and O–H groups in total. The molecule has 4 nitrogen and oxygen atoms in total. The van der Waals surface area contributed by atoms with Crippen molar-refractivity contribution >= 4 is 5.69 Å². The number of hydrogen-bond acceptors (Lipinski definition) is 3. The maximum atomic E-state index is 6.18. The minimum Gasteiger partial charge on any atom is -0.496 e. The van der Waals surface area contributed by atoms with Gasteiger partial charge in [0.2, 0.25) is 0 Å². The molecule has 0 fully saturated rings. The zero-order chi connectivity index (χ0) is 14.3. The summed E-state index contributed by atoms with van der Waals surface area (Å²) in [5, 5.41) is 4.39. The van der Waals surface area contributed by atoms with E-state index >= 15 is 0 Å². The minimum atomic E-state index is 0.715. The number of aryl methyl sites for hydroxylation is 4. The monoisotopic (exact) mass is 259 g/mol. The third-order valence-electron chi connectivity index (χ3n) is 3.70. The fourth-order valence-corrected chi connectivity index (χ4v) is 2.57. The predicted molar refractivity (Wildman–Crippen MR) is 78.6 cm³/mol. The topological polar surface area (TPSA) is 53.1 Å². The maximum Gasteiger partial charge on any atom is 0.131 e. The van der Waals surface area contributed by atoms with E-state index in [4.69, 9.17) is 10.5 Å². The van der Waals surface area contributed by atoms with Crippen LogP contribution < -0.4 is 10.5 Å². The molecule has 2 aromatic rings. The van der Waals surface area contributed by atoms with Crippen LogP contribution in [0.2, 0.25) is 0 Å². The molecule has 0 unspecified atom stereocenters. The average Bonchev–Trinajstić information content (AvgIpc) is 2.59. The highest BCUT2D eigenvalue weighted by Gasteiger charge is 2.20. The van der Waals surface area contributed by atoms with E-state index in [1.54, 1.807) is 7.11 Å². The van der Waals surface area contributed by atoms with Crippen LogP contribution >= 0.6 is 0 Å². The second kappa shape index (κ2) is 4.61. The van der Waals surface area contributed by atoms with Crippen molar-refractivity contribution in [1.29, 1.82) is 0 Å². The Bertz CT molecular complexity index is 642. The number of methoxy groups -OCH3 is 1. The third kappa shape index (κ3) is 1.97. The van der Waals surface area contributed by atoms with Crippen molar-refractivity contribution in [2.75, 3.05) is 12.8 Å². The van der Waals surface area contributed by atoms with Gasteiger partial charge in [-0.25, -0.2) is 0 Å². The Labute approximate surface area is 114 Å². The van der Waals surface area contributed by atoms with E-state index < -0.39 is 0 Å². The quantitative estimate of drug-likeness (QED) is 0.902. The van der Waals surface area contributed by atoms with Gasteiger partial charge >= 0.3 is 0 Å². The Balaban J connectivity index is 2.86. The van der Waals surface area contributed by atoms with E-state index in [0.29, 0.717) is 5.69 Å². The number of rotatable bonds is 2. The summed E-state index contributed by atoms with van der Waals surface area (Å²) >= 11 is 0. The van der Waals surface area contributed by atoms with Gasteiger partial charge in [-0.05, 0) is 44.4 Å². The molecule has 0 spiro atoms. The molecule has 1 aromatic heterocycles. The molecule has 1 aromatic carbocycles. The largest absolute Gasteiger partial charge is 0.496 e. The van der Waals surface area contributed by atoms with Gasteiger partial charge < -0.3 is 10.5 Å². The minimum absolute atomic E-state index is 0.715. The van der Waals surface area contributed by atoms with Gasteiger partial charge in [0.25, 0.3) is 0 Å². The van der Waals surface area contributed by atoms with E-state index in [9.17, 15) is 0 Å². The Hall–Kier alpha value is -1.97. The predicted octanol–water partition coefficient (Wildman–Crippen LogP) is 2.91. The Morgan fingerprint density at radius 3 is 2.26 bits per heavy atom. The second-order valence-corrected chi connectivity index (χ2v) is 5.01. The molecule has 0 saturated carbocycles. The summed E-state index contributed by atoms with van der Waals surface area (Å²) in [6.45, 7) is 8.15. The molecule has 1 heterocycles. The first-order chi connectivity index (χ1) is 8.88. The molecule has 0 amide bonds. The summed E-state index contributed by atoms with van der Waals surface area (Å²) in [7, 11) is 3.61. The highest BCUT2D eigenvalue weighted by molar-refractivity contribution is 5.82. The molecule has 0 radical (unpaired) electrons. The number of benzene rings is 1. The Morgan fingerprint density at radius 1 is 1.16 bits per heavy atom. The zero-order valence-electron chi connectivity index (χ0n) is 12.5. The van der Waals surface area contributed by atoms with E-state index in [-0.39, 0.29) is 0 Å². The maximum absolute atomic E-state index is 6.18. The Kier molecular flexibility index (Phi) is 3.27. The lowest BCUT2D eigenvalue weighted by Crippen LogP contribution is -2.02. The molecule has 0 bridgehead atoms. The van der Waals surface area contributed by atoms with Crippen LogP contribution in [0.5, 0.6) is 5.75 Å². The second-order valence-electron chi connectivity index (χ2n) is 5.01. The van der Waals surface area contributed by atoms with Gasteiger partial charge in [0, 0.05) is 12.6 Å². The SMILES string of the molecule is COc1c(C)c(C)cc(C)c1-c1c(N)c(C)nn1C. The first kappa shape index (κ1) is 13.5. The molecular weight excluding hydrogens is 238 g/mol.